The monoisotopic (exact) mass is 459 g/mol. The Morgan fingerprint density at radius 3 is 2.59 bits per heavy atom. The zero-order chi connectivity index (χ0) is 24.2. The van der Waals surface area contributed by atoms with Gasteiger partial charge < -0.3 is 9.88 Å². The molecule has 6 nitrogen and oxygen atoms in total. The van der Waals surface area contributed by atoms with E-state index in [4.69, 9.17) is 0 Å². The molecule has 1 fully saturated rings. The third-order valence-corrected chi connectivity index (χ3v) is 7.05. The lowest BCUT2D eigenvalue weighted by Crippen LogP contribution is -2.41. The summed E-state index contributed by atoms with van der Waals surface area (Å²) in [5.41, 5.74) is 4.39. The predicted octanol–water partition coefficient (Wildman–Crippen LogP) is 4.37. The molecular weight excluding hydrogens is 433 g/mol. The van der Waals surface area contributed by atoms with Crippen molar-refractivity contribution in [2.45, 2.75) is 45.6 Å². The lowest BCUT2D eigenvalue weighted by molar-refractivity contribution is -0.130. The highest BCUT2D eigenvalue weighted by atomic mass is 19.1. The molecule has 1 unspecified atom stereocenters. The fourth-order valence-corrected chi connectivity index (χ4v) is 5.21. The molecule has 7 heteroatoms. The highest BCUT2D eigenvalue weighted by Gasteiger charge is 2.49. The summed E-state index contributed by atoms with van der Waals surface area (Å²) in [5.74, 6) is -1.16. The molecule has 1 aromatic heterocycles. The fourth-order valence-electron chi connectivity index (χ4n) is 5.21. The summed E-state index contributed by atoms with van der Waals surface area (Å²) in [6, 6.07) is 13.2. The number of carbonyl (C=O) groups excluding carboxylic acids is 3. The van der Waals surface area contributed by atoms with Crippen molar-refractivity contribution in [1.29, 1.82) is 0 Å². The number of aromatic nitrogens is 1. The van der Waals surface area contributed by atoms with Gasteiger partial charge in [-0.3, -0.25) is 14.5 Å². The summed E-state index contributed by atoms with van der Waals surface area (Å²) in [4.78, 5) is 40.4. The van der Waals surface area contributed by atoms with Gasteiger partial charge >= 0.3 is 6.03 Å². The lowest BCUT2D eigenvalue weighted by atomic mass is 9.89. The van der Waals surface area contributed by atoms with Crippen molar-refractivity contribution >= 4 is 17.7 Å². The number of fused-ring (bicyclic) bond motifs is 1. The molecule has 2 heterocycles. The molecule has 2 aliphatic rings. The molecule has 0 spiro atoms. The number of urea groups is 1. The number of imide groups is 1. The minimum atomic E-state index is -1.21. The lowest BCUT2D eigenvalue weighted by Gasteiger charge is -2.23. The number of benzene rings is 2. The summed E-state index contributed by atoms with van der Waals surface area (Å²) in [5, 5.41) is 2.80. The van der Waals surface area contributed by atoms with Gasteiger partial charge in [0.2, 0.25) is 0 Å². The average molecular weight is 460 g/mol. The minimum Gasteiger partial charge on any atom is -0.319 e. The van der Waals surface area contributed by atoms with Gasteiger partial charge in [-0.15, -0.1) is 0 Å². The molecule has 1 aliphatic heterocycles. The van der Waals surface area contributed by atoms with Crippen molar-refractivity contribution < 1.29 is 18.8 Å². The van der Waals surface area contributed by atoms with Crippen molar-refractivity contribution in [1.82, 2.24) is 14.8 Å². The van der Waals surface area contributed by atoms with Gasteiger partial charge in [-0.1, -0.05) is 24.3 Å². The first-order valence-corrected chi connectivity index (χ1v) is 11.4. The van der Waals surface area contributed by atoms with E-state index in [0.717, 1.165) is 35.4 Å². The van der Waals surface area contributed by atoms with Gasteiger partial charge in [0.1, 0.15) is 11.4 Å². The molecule has 0 saturated carbocycles. The zero-order valence-corrected chi connectivity index (χ0v) is 19.4. The number of aryl methyl sites for hydroxylation is 3. The standard InChI is InChI=1S/C27H26FN3O3/c1-16-12-23(17(2)31(16)22-9-5-8-21(28)14-22)24(32)15-30-25(33)27(3,29-26(30)34)20-11-10-18-6-4-7-19(18)13-20/h5,8-14H,4,6-7,15H2,1-3H3,(H,29,34). The van der Waals surface area contributed by atoms with Gasteiger partial charge in [-0.2, -0.15) is 0 Å². The van der Waals surface area contributed by atoms with Gasteiger partial charge in [0.25, 0.3) is 5.91 Å². The normalized spacial score (nSPS) is 19.5. The Balaban J connectivity index is 1.41. The minimum absolute atomic E-state index is 0.350. The molecule has 2 aromatic carbocycles. The van der Waals surface area contributed by atoms with Crippen LogP contribution in [0.1, 0.15) is 51.8 Å². The number of nitrogens with zero attached hydrogens (tertiary/aromatic N) is 2. The number of carbonyl (C=O) groups is 3. The van der Waals surface area contributed by atoms with Crippen LogP contribution in [0.15, 0.2) is 48.5 Å². The molecule has 0 radical (unpaired) electrons. The third kappa shape index (κ3) is 3.43. The topological polar surface area (TPSA) is 71.4 Å². The van der Waals surface area contributed by atoms with Crippen LogP contribution < -0.4 is 5.32 Å². The molecule has 34 heavy (non-hydrogen) atoms. The second-order valence-corrected chi connectivity index (χ2v) is 9.31. The first-order chi connectivity index (χ1) is 16.2. The largest absolute Gasteiger partial charge is 0.325 e. The number of hydrogen-bond acceptors (Lipinski definition) is 3. The van der Waals surface area contributed by atoms with E-state index in [1.54, 1.807) is 36.6 Å². The van der Waals surface area contributed by atoms with E-state index in [9.17, 15) is 18.8 Å². The molecule has 1 atom stereocenters. The SMILES string of the molecule is Cc1cc(C(=O)CN2C(=O)NC(C)(c3ccc4c(c3)CCC4)C2=O)c(C)n1-c1cccc(F)c1. The van der Waals surface area contributed by atoms with Gasteiger partial charge in [-0.25, -0.2) is 9.18 Å². The summed E-state index contributed by atoms with van der Waals surface area (Å²) >= 11 is 0. The number of nitrogens with one attached hydrogen (secondary N) is 1. The van der Waals surface area contributed by atoms with Gasteiger partial charge in [0.15, 0.2) is 5.78 Å². The van der Waals surface area contributed by atoms with E-state index in [0.29, 0.717) is 16.9 Å². The molecular formula is C27H26FN3O3. The van der Waals surface area contributed by atoms with Crippen LogP contribution in [0.2, 0.25) is 0 Å². The van der Waals surface area contributed by atoms with Crippen LogP contribution in [0.5, 0.6) is 0 Å². The van der Waals surface area contributed by atoms with Crippen molar-refractivity contribution in [3.63, 3.8) is 0 Å². The van der Waals surface area contributed by atoms with E-state index >= 15 is 0 Å². The number of halogens is 1. The zero-order valence-electron chi connectivity index (χ0n) is 19.4. The van der Waals surface area contributed by atoms with E-state index in [2.05, 4.69) is 5.32 Å². The Labute approximate surface area is 197 Å². The maximum absolute atomic E-state index is 13.8. The van der Waals surface area contributed by atoms with Crippen molar-refractivity contribution in [3.05, 3.63) is 88.0 Å². The summed E-state index contributed by atoms with van der Waals surface area (Å²) < 4.78 is 15.5. The van der Waals surface area contributed by atoms with Crippen LogP contribution in [0.3, 0.4) is 0 Å². The summed E-state index contributed by atoms with van der Waals surface area (Å²) in [7, 11) is 0. The van der Waals surface area contributed by atoms with Crippen LogP contribution in [-0.2, 0) is 23.2 Å². The van der Waals surface area contributed by atoms with Crippen molar-refractivity contribution in [2.75, 3.05) is 6.54 Å². The first-order valence-electron chi connectivity index (χ1n) is 11.4. The summed E-state index contributed by atoms with van der Waals surface area (Å²) in [6.45, 7) is 4.92. The van der Waals surface area contributed by atoms with Crippen LogP contribution in [0.25, 0.3) is 5.69 Å². The number of rotatable bonds is 5. The quantitative estimate of drug-likeness (QED) is 0.455. The second-order valence-electron chi connectivity index (χ2n) is 9.31. The molecule has 0 bridgehead atoms. The predicted molar refractivity (Wildman–Crippen MR) is 126 cm³/mol. The van der Waals surface area contributed by atoms with Gasteiger partial charge in [-0.05, 0) is 81.0 Å². The Bertz CT molecular complexity index is 1360. The van der Waals surface area contributed by atoms with E-state index in [1.165, 1.54) is 23.3 Å². The van der Waals surface area contributed by atoms with Crippen LogP contribution in [0.4, 0.5) is 9.18 Å². The van der Waals surface area contributed by atoms with Crippen molar-refractivity contribution in [3.8, 4) is 5.69 Å². The molecule has 1 N–H and O–H groups in total. The highest BCUT2D eigenvalue weighted by Crippen LogP contribution is 2.33. The molecule has 174 valence electrons. The Morgan fingerprint density at radius 1 is 1.06 bits per heavy atom. The fraction of sp³-hybridized carbons (Fsp3) is 0.296. The van der Waals surface area contributed by atoms with E-state index in [-0.39, 0.29) is 18.1 Å². The average Bonchev–Trinajstić information content (AvgIpc) is 3.45. The molecule has 3 amide bonds. The Kier molecular flexibility index (Phi) is 5.15. The second kappa shape index (κ2) is 7.94. The molecule has 3 aromatic rings. The highest BCUT2D eigenvalue weighted by molar-refractivity contribution is 6.11. The molecule has 1 aliphatic carbocycles. The van der Waals surface area contributed by atoms with Gasteiger partial charge in [0, 0.05) is 22.6 Å². The first kappa shape index (κ1) is 22.1. The number of amides is 3. The molecule has 1 saturated heterocycles. The van der Waals surface area contributed by atoms with E-state index in [1.807, 2.05) is 25.1 Å². The molecule has 5 rings (SSSR count). The van der Waals surface area contributed by atoms with E-state index < -0.39 is 17.5 Å². The Hall–Kier alpha value is -3.74. The van der Waals surface area contributed by atoms with Gasteiger partial charge in [0.05, 0.1) is 6.54 Å². The summed E-state index contributed by atoms with van der Waals surface area (Å²) in [6.07, 6.45) is 3.08. The van der Waals surface area contributed by atoms with Crippen LogP contribution in [-0.4, -0.2) is 33.7 Å². The number of hydrogen-bond donors (Lipinski definition) is 1. The maximum Gasteiger partial charge on any atom is 0.325 e. The van der Waals surface area contributed by atoms with Crippen LogP contribution in [0, 0.1) is 19.7 Å². The Morgan fingerprint density at radius 2 is 1.82 bits per heavy atom. The van der Waals surface area contributed by atoms with Crippen molar-refractivity contribution in [2.24, 2.45) is 0 Å². The number of Topliss-reactive ketones (excluding diaryl/α,β-unsaturated/α-hetero) is 1. The smallest absolute Gasteiger partial charge is 0.319 e. The third-order valence-electron chi connectivity index (χ3n) is 7.05. The maximum atomic E-state index is 13.8. The number of ketones is 1. The van der Waals surface area contributed by atoms with Crippen LogP contribution >= 0.6 is 0 Å².